The Bertz CT molecular complexity index is 1390. The fourth-order valence-electron chi connectivity index (χ4n) is 5.77. The molecule has 0 spiro atoms. The van der Waals surface area contributed by atoms with Gasteiger partial charge < -0.3 is 23.9 Å². The van der Waals surface area contributed by atoms with Crippen molar-refractivity contribution in [1.29, 1.82) is 0 Å². The summed E-state index contributed by atoms with van der Waals surface area (Å²) in [5.41, 5.74) is 7.37. The van der Waals surface area contributed by atoms with Gasteiger partial charge in [-0.1, -0.05) is 30.3 Å². The Morgan fingerprint density at radius 2 is 1.86 bits per heavy atom. The lowest BCUT2D eigenvalue weighted by Gasteiger charge is -2.41. The predicted molar refractivity (Wildman–Crippen MR) is 135 cm³/mol. The summed E-state index contributed by atoms with van der Waals surface area (Å²) in [7, 11) is 3.37. The van der Waals surface area contributed by atoms with Crippen LogP contribution in [-0.2, 0) is 32.7 Å². The Labute approximate surface area is 205 Å². The first-order valence-electron chi connectivity index (χ1n) is 12.1. The number of methoxy groups -OCH3 is 2. The second-order valence-corrected chi connectivity index (χ2v) is 9.29. The van der Waals surface area contributed by atoms with Gasteiger partial charge >= 0.3 is 0 Å². The molecule has 180 valence electrons. The number of hydrogen-bond donors (Lipinski definition) is 1. The van der Waals surface area contributed by atoms with E-state index in [0.29, 0.717) is 6.61 Å². The number of aliphatic hydroxyl groups is 1. The molecule has 1 atom stereocenters. The highest BCUT2D eigenvalue weighted by atomic mass is 16.5. The van der Waals surface area contributed by atoms with Crippen LogP contribution in [0.4, 0.5) is 0 Å². The number of nitrogens with zero attached hydrogens (tertiary/aromatic N) is 2. The Morgan fingerprint density at radius 3 is 2.69 bits per heavy atom. The number of ether oxygens (including phenoxy) is 3. The Hall–Kier alpha value is -3.48. The number of para-hydroxylation sites is 1. The van der Waals surface area contributed by atoms with Crippen LogP contribution in [0.1, 0.15) is 34.0 Å². The van der Waals surface area contributed by atoms with Gasteiger partial charge in [0.1, 0.15) is 19.1 Å². The van der Waals surface area contributed by atoms with Gasteiger partial charge in [0.15, 0.2) is 11.5 Å². The third-order valence-corrected chi connectivity index (χ3v) is 7.51. The van der Waals surface area contributed by atoms with Crippen molar-refractivity contribution >= 4 is 10.9 Å². The van der Waals surface area contributed by atoms with Crippen LogP contribution in [0.25, 0.3) is 10.9 Å². The minimum atomic E-state index is 0.00436. The normalized spacial score (nSPS) is 16.9. The molecule has 1 unspecified atom stereocenters. The zero-order valence-electron chi connectivity index (χ0n) is 20.2. The van der Waals surface area contributed by atoms with Crippen LogP contribution in [0.15, 0.2) is 60.7 Å². The Balaban J connectivity index is 1.35. The first kappa shape index (κ1) is 22.0. The van der Waals surface area contributed by atoms with E-state index in [1.807, 2.05) is 30.3 Å². The SMILES string of the molecule is COc1cccc(COc2cc3c(cc2OC)CCN2Cc4c(c5ccccc5n4CO)CC32)c1. The highest BCUT2D eigenvalue weighted by Gasteiger charge is 2.35. The maximum atomic E-state index is 10.1. The van der Waals surface area contributed by atoms with Crippen LogP contribution in [0.2, 0.25) is 0 Å². The van der Waals surface area contributed by atoms with Crippen molar-refractivity contribution < 1.29 is 19.3 Å². The molecule has 35 heavy (non-hydrogen) atoms. The average molecular weight is 471 g/mol. The van der Waals surface area contributed by atoms with E-state index in [4.69, 9.17) is 14.2 Å². The van der Waals surface area contributed by atoms with E-state index >= 15 is 0 Å². The van der Waals surface area contributed by atoms with Gasteiger partial charge in [0.2, 0.25) is 0 Å². The molecule has 6 heteroatoms. The van der Waals surface area contributed by atoms with Gasteiger partial charge in [0, 0.05) is 30.2 Å². The van der Waals surface area contributed by atoms with Crippen molar-refractivity contribution in [2.75, 3.05) is 20.8 Å². The maximum Gasteiger partial charge on any atom is 0.162 e. The molecule has 3 aromatic carbocycles. The van der Waals surface area contributed by atoms with Crippen LogP contribution in [-0.4, -0.2) is 35.3 Å². The van der Waals surface area contributed by atoms with Crippen LogP contribution in [0, 0.1) is 0 Å². The summed E-state index contributed by atoms with van der Waals surface area (Å²) in [4.78, 5) is 2.54. The number of hydrogen-bond acceptors (Lipinski definition) is 5. The first-order valence-corrected chi connectivity index (χ1v) is 12.1. The van der Waals surface area contributed by atoms with Crippen molar-refractivity contribution in [2.45, 2.75) is 38.8 Å². The molecule has 1 N–H and O–H groups in total. The zero-order valence-corrected chi connectivity index (χ0v) is 20.2. The fourth-order valence-corrected chi connectivity index (χ4v) is 5.77. The molecule has 2 aliphatic heterocycles. The largest absolute Gasteiger partial charge is 0.497 e. The predicted octanol–water partition coefficient (Wildman–Crippen LogP) is 4.84. The van der Waals surface area contributed by atoms with Crippen LogP contribution >= 0.6 is 0 Å². The topological polar surface area (TPSA) is 56.1 Å². The number of aliphatic hydroxyl groups excluding tert-OH is 1. The number of benzene rings is 3. The van der Waals surface area contributed by atoms with E-state index in [2.05, 4.69) is 39.8 Å². The summed E-state index contributed by atoms with van der Waals surface area (Å²) in [5, 5.41) is 11.4. The zero-order chi connectivity index (χ0) is 23.9. The lowest BCUT2D eigenvalue weighted by Crippen LogP contribution is -2.39. The second kappa shape index (κ2) is 8.95. The van der Waals surface area contributed by atoms with Crippen molar-refractivity contribution in [3.63, 3.8) is 0 Å². The van der Waals surface area contributed by atoms with Gasteiger partial charge in [-0.3, -0.25) is 4.90 Å². The minimum absolute atomic E-state index is 0.00436. The number of aromatic nitrogens is 1. The smallest absolute Gasteiger partial charge is 0.162 e. The van der Waals surface area contributed by atoms with Crippen LogP contribution in [0.5, 0.6) is 17.2 Å². The van der Waals surface area contributed by atoms with Crippen molar-refractivity contribution in [3.8, 4) is 17.2 Å². The summed E-state index contributed by atoms with van der Waals surface area (Å²) < 4.78 is 19.4. The van der Waals surface area contributed by atoms with Crippen LogP contribution < -0.4 is 14.2 Å². The van der Waals surface area contributed by atoms with E-state index in [-0.39, 0.29) is 12.8 Å². The van der Waals surface area contributed by atoms with Crippen LogP contribution in [0.3, 0.4) is 0 Å². The van der Waals surface area contributed by atoms with E-state index in [1.165, 1.54) is 27.8 Å². The van der Waals surface area contributed by atoms with Gasteiger partial charge in [-0.2, -0.15) is 0 Å². The summed E-state index contributed by atoms with van der Waals surface area (Å²) in [6.07, 6.45) is 1.88. The average Bonchev–Trinajstić information content (AvgIpc) is 3.22. The van der Waals surface area contributed by atoms with Crippen molar-refractivity contribution in [3.05, 3.63) is 88.6 Å². The van der Waals surface area contributed by atoms with Crippen molar-refractivity contribution in [1.82, 2.24) is 9.47 Å². The molecule has 6 nitrogen and oxygen atoms in total. The maximum absolute atomic E-state index is 10.1. The molecule has 0 amide bonds. The third-order valence-electron chi connectivity index (χ3n) is 7.51. The molecular weight excluding hydrogens is 440 g/mol. The number of fused-ring (bicyclic) bond motifs is 6. The third kappa shape index (κ3) is 3.74. The molecular formula is C29H30N2O4. The molecule has 2 aliphatic rings. The van der Waals surface area contributed by atoms with Gasteiger partial charge in [-0.15, -0.1) is 0 Å². The lowest BCUT2D eigenvalue weighted by molar-refractivity contribution is 0.145. The van der Waals surface area contributed by atoms with Crippen molar-refractivity contribution in [2.24, 2.45) is 0 Å². The number of rotatable bonds is 6. The van der Waals surface area contributed by atoms with Gasteiger partial charge in [-0.05, 0) is 65.4 Å². The Morgan fingerprint density at radius 1 is 0.971 bits per heavy atom. The lowest BCUT2D eigenvalue weighted by atomic mass is 9.85. The molecule has 3 heterocycles. The van der Waals surface area contributed by atoms with Gasteiger partial charge in [0.05, 0.1) is 19.7 Å². The molecule has 6 rings (SSSR count). The van der Waals surface area contributed by atoms with E-state index in [0.717, 1.165) is 54.3 Å². The summed E-state index contributed by atoms with van der Waals surface area (Å²) in [5.74, 6) is 2.35. The molecule has 0 aliphatic carbocycles. The standard InChI is InChI=1S/C29H30N2O4/c1-33-21-7-5-6-19(12-21)17-35-29-15-23-20(13-28(29)34-2)10-11-30-16-27-24(14-26(23)30)22-8-3-4-9-25(22)31(27)18-32/h3-9,12-13,15,26,32H,10-11,14,16-18H2,1-2H3. The molecule has 0 bridgehead atoms. The van der Waals surface area contributed by atoms with E-state index in [1.54, 1.807) is 14.2 Å². The summed E-state index contributed by atoms with van der Waals surface area (Å²) in [6.45, 7) is 2.26. The minimum Gasteiger partial charge on any atom is -0.497 e. The Kier molecular flexibility index (Phi) is 5.63. The molecule has 4 aromatic rings. The van der Waals surface area contributed by atoms with Gasteiger partial charge in [0.25, 0.3) is 0 Å². The molecule has 1 aromatic heterocycles. The quantitative estimate of drug-likeness (QED) is 0.437. The molecule has 0 fully saturated rings. The fraction of sp³-hybridized carbons (Fsp3) is 0.310. The second-order valence-electron chi connectivity index (χ2n) is 9.29. The summed E-state index contributed by atoms with van der Waals surface area (Å²) >= 11 is 0. The molecule has 0 saturated carbocycles. The molecule has 0 saturated heterocycles. The first-order chi connectivity index (χ1) is 17.2. The van der Waals surface area contributed by atoms with E-state index < -0.39 is 0 Å². The highest BCUT2D eigenvalue weighted by molar-refractivity contribution is 5.86. The highest BCUT2D eigenvalue weighted by Crippen LogP contribution is 2.44. The monoisotopic (exact) mass is 470 g/mol. The molecule has 0 radical (unpaired) electrons. The summed E-state index contributed by atoms with van der Waals surface area (Å²) in [6, 6.07) is 21.0. The van der Waals surface area contributed by atoms with Gasteiger partial charge in [-0.25, -0.2) is 0 Å². The van der Waals surface area contributed by atoms with E-state index in [9.17, 15) is 5.11 Å².